The van der Waals surface area contributed by atoms with Gasteiger partial charge in [-0.25, -0.2) is 4.79 Å². The van der Waals surface area contributed by atoms with Crippen molar-refractivity contribution in [1.82, 2.24) is 4.90 Å². The van der Waals surface area contributed by atoms with E-state index in [2.05, 4.69) is 13.8 Å². The highest BCUT2D eigenvalue weighted by Gasteiger charge is 2.62. The molecule has 0 spiro atoms. The van der Waals surface area contributed by atoms with Crippen LogP contribution in [0.4, 0.5) is 4.79 Å². The van der Waals surface area contributed by atoms with Crippen molar-refractivity contribution in [3.8, 4) is 0 Å². The zero-order valence-corrected chi connectivity index (χ0v) is 9.78. The molecular weight excluding hydrogens is 206 g/mol. The van der Waals surface area contributed by atoms with Crippen molar-refractivity contribution in [3.63, 3.8) is 0 Å². The predicted molar refractivity (Wildman–Crippen MR) is 57.8 cm³/mol. The highest BCUT2D eigenvalue weighted by molar-refractivity contribution is 5.72. The molecule has 0 radical (unpaired) electrons. The monoisotopic (exact) mass is 223 g/mol. The first kappa shape index (κ1) is 10.1. The molecule has 4 heteroatoms. The number of hydrogen-bond acceptors (Lipinski definition) is 3. The van der Waals surface area contributed by atoms with Gasteiger partial charge in [0.15, 0.2) is 0 Å². The Morgan fingerprint density at radius 3 is 2.75 bits per heavy atom. The average molecular weight is 223 g/mol. The number of hydrogen-bond donors (Lipinski definition) is 0. The Morgan fingerprint density at radius 1 is 1.50 bits per heavy atom. The fourth-order valence-electron chi connectivity index (χ4n) is 3.15. The van der Waals surface area contributed by atoms with Gasteiger partial charge in [0.1, 0.15) is 6.61 Å². The Balaban J connectivity index is 1.94. The van der Waals surface area contributed by atoms with Gasteiger partial charge in [0.05, 0.1) is 19.8 Å². The molecule has 2 unspecified atom stereocenters. The van der Waals surface area contributed by atoms with E-state index in [0.29, 0.717) is 19.1 Å². The van der Waals surface area contributed by atoms with Gasteiger partial charge in [-0.1, -0.05) is 5.57 Å². The van der Waals surface area contributed by atoms with E-state index < -0.39 is 0 Å². The number of fused-ring (bicyclic) bond motifs is 1. The maximum atomic E-state index is 11.7. The highest BCUT2D eigenvalue weighted by Crippen LogP contribution is 2.63. The van der Waals surface area contributed by atoms with Gasteiger partial charge >= 0.3 is 6.09 Å². The number of allylic oxidation sites excluding steroid dienone is 1. The lowest BCUT2D eigenvalue weighted by Gasteiger charge is -2.25. The van der Waals surface area contributed by atoms with Crippen molar-refractivity contribution in [2.45, 2.75) is 20.3 Å². The van der Waals surface area contributed by atoms with Crippen LogP contribution in [0.1, 0.15) is 20.3 Å². The minimum atomic E-state index is -0.192. The van der Waals surface area contributed by atoms with E-state index in [9.17, 15) is 4.79 Å². The van der Waals surface area contributed by atoms with E-state index in [-0.39, 0.29) is 11.5 Å². The molecule has 88 valence electrons. The molecule has 0 N–H and O–H groups in total. The van der Waals surface area contributed by atoms with Crippen LogP contribution in [0.5, 0.6) is 0 Å². The summed E-state index contributed by atoms with van der Waals surface area (Å²) in [5.74, 6) is 0.616. The van der Waals surface area contributed by atoms with Crippen LogP contribution in [0, 0.1) is 11.3 Å². The van der Waals surface area contributed by atoms with Crippen molar-refractivity contribution in [3.05, 3.63) is 11.3 Å². The zero-order valence-electron chi connectivity index (χ0n) is 9.78. The van der Waals surface area contributed by atoms with Gasteiger partial charge in [0.2, 0.25) is 0 Å². The van der Waals surface area contributed by atoms with Crippen LogP contribution in [0.3, 0.4) is 0 Å². The van der Waals surface area contributed by atoms with Gasteiger partial charge in [-0.05, 0) is 26.2 Å². The molecule has 2 saturated heterocycles. The largest absolute Gasteiger partial charge is 0.447 e. The zero-order chi connectivity index (χ0) is 11.3. The smallest absolute Gasteiger partial charge is 0.414 e. The lowest BCUT2D eigenvalue weighted by Crippen LogP contribution is -2.31. The first-order valence-electron chi connectivity index (χ1n) is 5.85. The van der Waals surface area contributed by atoms with Gasteiger partial charge in [0, 0.05) is 11.1 Å². The summed E-state index contributed by atoms with van der Waals surface area (Å²) in [6, 6.07) is 0. The fourth-order valence-corrected chi connectivity index (χ4v) is 3.15. The highest BCUT2D eigenvalue weighted by atomic mass is 16.6. The normalized spacial score (nSPS) is 36.0. The molecule has 4 nitrogen and oxygen atoms in total. The summed E-state index contributed by atoms with van der Waals surface area (Å²) in [5.41, 5.74) is 2.51. The molecule has 3 aliphatic rings. The molecule has 2 aliphatic heterocycles. The lowest BCUT2D eigenvalue weighted by atomic mass is 9.97. The van der Waals surface area contributed by atoms with Crippen LogP contribution < -0.4 is 0 Å². The molecule has 3 fully saturated rings. The van der Waals surface area contributed by atoms with Crippen molar-refractivity contribution < 1.29 is 14.3 Å². The minimum absolute atomic E-state index is 0.127. The van der Waals surface area contributed by atoms with Crippen LogP contribution >= 0.6 is 0 Å². The van der Waals surface area contributed by atoms with E-state index in [4.69, 9.17) is 9.47 Å². The number of nitrogens with zero attached hydrogens (tertiary/aromatic N) is 1. The van der Waals surface area contributed by atoms with E-state index >= 15 is 0 Å². The van der Waals surface area contributed by atoms with E-state index in [1.165, 1.54) is 5.57 Å². The van der Waals surface area contributed by atoms with Crippen LogP contribution in [0.15, 0.2) is 11.3 Å². The number of amides is 1. The lowest BCUT2D eigenvalue weighted by molar-refractivity contribution is 0.141. The Hall–Kier alpha value is -1.03. The molecule has 0 aromatic heterocycles. The second-order valence-electron chi connectivity index (χ2n) is 5.19. The molecule has 0 bridgehead atoms. The van der Waals surface area contributed by atoms with Gasteiger partial charge in [0.25, 0.3) is 0 Å². The fraction of sp³-hybridized carbons (Fsp3) is 0.750. The molecule has 1 amide bonds. The molecule has 0 aromatic carbocycles. The molecule has 2 heterocycles. The summed E-state index contributed by atoms with van der Waals surface area (Å²) in [6.07, 6.45) is 0.972. The van der Waals surface area contributed by atoms with Crippen LogP contribution in [0.2, 0.25) is 0 Å². The predicted octanol–water partition coefficient (Wildman–Crippen LogP) is 1.77. The maximum Gasteiger partial charge on any atom is 0.414 e. The quantitative estimate of drug-likeness (QED) is 0.716. The van der Waals surface area contributed by atoms with E-state index in [0.717, 1.165) is 25.3 Å². The van der Waals surface area contributed by atoms with Gasteiger partial charge in [-0.3, -0.25) is 4.90 Å². The second kappa shape index (κ2) is 3.23. The van der Waals surface area contributed by atoms with Crippen LogP contribution in [0.25, 0.3) is 0 Å². The van der Waals surface area contributed by atoms with E-state index in [1.807, 2.05) is 4.90 Å². The maximum absolute atomic E-state index is 11.7. The van der Waals surface area contributed by atoms with Gasteiger partial charge in [-0.15, -0.1) is 0 Å². The molecule has 0 aromatic rings. The third-order valence-electron chi connectivity index (χ3n) is 3.89. The Kier molecular flexibility index (Phi) is 2.05. The van der Waals surface area contributed by atoms with Crippen molar-refractivity contribution in [2.75, 3.05) is 26.4 Å². The standard InChI is InChI=1S/C12H17NO3/c1-8(2)10(13-3-4-16-11(13)14)12-5-9(12)6-15-7-12/h9H,3-7H2,1-2H3. The molecule has 1 saturated carbocycles. The Morgan fingerprint density at radius 2 is 2.31 bits per heavy atom. The third kappa shape index (κ3) is 1.22. The van der Waals surface area contributed by atoms with Crippen molar-refractivity contribution in [1.29, 1.82) is 0 Å². The van der Waals surface area contributed by atoms with Crippen LogP contribution in [-0.4, -0.2) is 37.4 Å². The summed E-state index contributed by atoms with van der Waals surface area (Å²) in [5, 5.41) is 0. The first-order chi connectivity index (χ1) is 7.65. The summed E-state index contributed by atoms with van der Waals surface area (Å²) in [7, 11) is 0. The number of ether oxygens (including phenoxy) is 2. The van der Waals surface area contributed by atoms with Crippen molar-refractivity contribution in [2.24, 2.45) is 11.3 Å². The first-order valence-corrected chi connectivity index (χ1v) is 5.85. The number of cyclic esters (lactones) is 1. The van der Waals surface area contributed by atoms with Gasteiger partial charge in [-0.2, -0.15) is 0 Å². The molecule has 2 atom stereocenters. The number of rotatable bonds is 2. The summed E-state index contributed by atoms with van der Waals surface area (Å²) in [6.45, 7) is 6.96. The topological polar surface area (TPSA) is 38.8 Å². The molecule has 3 rings (SSSR count). The average Bonchev–Trinajstić information content (AvgIpc) is 2.58. The third-order valence-corrected chi connectivity index (χ3v) is 3.89. The summed E-state index contributed by atoms with van der Waals surface area (Å²) < 4.78 is 10.6. The van der Waals surface area contributed by atoms with E-state index in [1.54, 1.807) is 0 Å². The minimum Gasteiger partial charge on any atom is -0.447 e. The van der Waals surface area contributed by atoms with Gasteiger partial charge < -0.3 is 9.47 Å². The molecular formula is C12H17NO3. The Labute approximate surface area is 95.2 Å². The van der Waals surface area contributed by atoms with Crippen molar-refractivity contribution >= 4 is 6.09 Å². The summed E-state index contributed by atoms with van der Waals surface area (Å²) >= 11 is 0. The summed E-state index contributed by atoms with van der Waals surface area (Å²) in [4.78, 5) is 13.5. The molecule has 1 aliphatic carbocycles. The number of carbonyl (C=O) groups excluding carboxylic acids is 1. The SMILES string of the molecule is CC(C)=C(N1CCOC1=O)C12COCC1C2. The number of carbonyl (C=O) groups is 1. The second-order valence-corrected chi connectivity index (χ2v) is 5.19. The molecule has 16 heavy (non-hydrogen) atoms. The Bertz CT molecular complexity index is 372. The van der Waals surface area contributed by atoms with Crippen LogP contribution in [-0.2, 0) is 9.47 Å².